The highest BCUT2D eigenvalue weighted by Gasteiger charge is 2.21. The van der Waals surface area contributed by atoms with Crippen molar-refractivity contribution in [3.05, 3.63) is 94.4 Å². The van der Waals surface area contributed by atoms with Crippen LogP contribution in [0.1, 0.15) is 22.9 Å². The van der Waals surface area contributed by atoms with Crippen LogP contribution >= 0.6 is 15.9 Å². The van der Waals surface area contributed by atoms with Crippen LogP contribution in [-0.4, -0.2) is 9.97 Å². The zero-order chi connectivity index (χ0) is 17.2. The Morgan fingerprint density at radius 3 is 2.60 bits per heavy atom. The lowest BCUT2D eigenvalue weighted by atomic mass is 9.97. The Kier molecular flexibility index (Phi) is 4.28. The highest BCUT2D eigenvalue weighted by molar-refractivity contribution is 9.10. The van der Waals surface area contributed by atoms with Gasteiger partial charge in [-0.15, -0.1) is 0 Å². The molecule has 3 nitrogen and oxygen atoms in total. The molecule has 4 aromatic rings. The largest absolute Gasteiger partial charge is 0.373 e. The van der Waals surface area contributed by atoms with Crippen LogP contribution in [0, 0.1) is 6.92 Å². The Labute approximate surface area is 155 Å². The normalized spacial score (nSPS) is 12.2. The predicted molar refractivity (Wildman–Crippen MR) is 107 cm³/mol. The van der Waals surface area contributed by atoms with Gasteiger partial charge in [0.1, 0.15) is 0 Å². The van der Waals surface area contributed by atoms with Gasteiger partial charge in [0.25, 0.3) is 0 Å². The van der Waals surface area contributed by atoms with Crippen LogP contribution in [0.2, 0.25) is 0 Å². The predicted octanol–water partition coefficient (Wildman–Crippen LogP) is 5.84. The van der Waals surface area contributed by atoms with E-state index >= 15 is 0 Å². The van der Waals surface area contributed by atoms with Crippen LogP contribution in [0.4, 0.5) is 5.69 Å². The number of pyridine rings is 1. The third kappa shape index (κ3) is 3.05. The van der Waals surface area contributed by atoms with Gasteiger partial charge >= 0.3 is 0 Å². The van der Waals surface area contributed by atoms with Crippen molar-refractivity contribution in [1.82, 2.24) is 9.97 Å². The Bertz CT molecular complexity index is 1010. The first kappa shape index (κ1) is 15.9. The van der Waals surface area contributed by atoms with Gasteiger partial charge in [-0.05, 0) is 52.7 Å². The quantitative estimate of drug-likeness (QED) is 0.458. The van der Waals surface area contributed by atoms with Crippen molar-refractivity contribution in [2.45, 2.75) is 13.0 Å². The summed E-state index contributed by atoms with van der Waals surface area (Å²) in [5.74, 6) is 0. The molecule has 2 N–H and O–H groups in total. The molecule has 0 spiro atoms. The van der Waals surface area contributed by atoms with E-state index in [4.69, 9.17) is 0 Å². The number of benzene rings is 2. The van der Waals surface area contributed by atoms with Gasteiger partial charge in [0.2, 0.25) is 0 Å². The second-order valence-corrected chi connectivity index (χ2v) is 6.91. The number of aryl methyl sites for hydroxylation is 1. The number of hydrogen-bond acceptors (Lipinski definition) is 2. The maximum atomic E-state index is 4.33. The molecule has 1 atom stereocenters. The van der Waals surface area contributed by atoms with Crippen molar-refractivity contribution >= 4 is 32.5 Å². The second-order valence-electron chi connectivity index (χ2n) is 6.05. The molecule has 4 heteroatoms. The van der Waals surface area contributed by atoms with Crippen molar-refractivity contribution in [3.63, 3.8) is 0 Å². The fraction of sp³-hybridized carbons (Fsp3) is 0.0952. The molecule has 0 saturated carbocycles. The minimum atomic E-state index is 0.00329. The number of para-hydroxylation sites is 2. The lowest BCUT2D eigenvalue weighted by Gasteiger charge is -2.22. The van der Waals surface area contributed by atoms with E-state index in [9.17, 15) is 0 Å². The molecule has 2 aromatic heterocycles. The first-order chi connectivity index (χ1) is 12.2. The van der Waals surface area contributed by atoms with Crippen LogP contribution in [0.3, 0.4) is 0 Å². The molecule has 0 unspecified atom stereocenters. The number of halogens is 1. The van der Waals surface area contributed by atoms with E-state index in [-0.39, 0.29) is 6.04 Å². The molecule has 0 aliphatic heterocycles. The maximum absolute atomic E-state index is 4.33. The van der Waals surface area contributed by atoms with Crippen molar-refractivity contribution < 1.29 is 0 Å². The first-order valence-corrected chi connectivity index (χ1v) is 9.01. The summed E-state index contributed by atoms with van der Waals surface area (Å²) in [5.41, 5.74) is 5.75. The molecule has 2 heterocycles. The van der Waals surface area contributed by atoms with Crippen LogP contribution < -0.4 is 5.32 Å². The van der Waals surface area contributed by atoms with Crippen LogP contribution in [0.15, 0.2) is 77.5 Å². The summed E-state index contributed by atoms with van der Waals surface area (Å²) >= 11 is 3.64. The Balaban J connectivity index is 1.88. The van der Waals surface area contributed by atoms with E-state index in [1.54, 1.807) is 6.20 Å². The van der Waals surface area contributed by atoms with Gasteiger partial charge in [0.15, 0.2) is 0 Å². The van der Waals surface area contributed by atoms with Gasteiger partial charge < -0.3 is 10.3 Å². The molecule has 0 bridgehead atoms. The number of nitrogens with one attached hydrogen (secondary N) is 2. The molecule has 124 valence electrons. The van der Waals surface area contributed by atoms with E-state index in [0.717, 1.165) is 26.9 Å². The topological polar surface area (TPSA) is 40.7 Å². The Morgan fingerprint density at radius 2 is 1.80 bits per heavy atom. The average Bonchev–Trinajstić information content (AvgIpc) is 2.97. The van der Waals surface area contributed by atoms with Gasteiger partial charge in [-0.3, -0.25) is 4.98 Å². The lowest BCUT2D eigenvalue weighted by Crippen LogP contribution is -2.13. The van der Waals surface area contributed by atoms with Gasteiger partial charge in [-0.2, -0.15) is 0 Å². The number of hydrogen-bond donors (Lipinski definition) is 2. The molecule has 0 radical (unpaired) electrons. The molecule has 0 aliphatic rings. The zero-order valence-corrected chi connectivity index (χ0v) is 15.4. The van der Waals surface area contributed by atoms with Gasteiger partial charge in [-0.25, -0.2) is 0 Å². The molecule has 4 rings (SSSR count). The van der Waals surface area contributed by atoms with E-state index in [1.165, 1.54) is 10.9 Å². The third-order valence-corrected chi connectivity index (χ3v) is 5.12. The molecular weight excluding hydrogens is 374 g/mol. The van der Waals surface area contributed by atoms with Crippen molar-refractivity contribution in [2.24, 2.45) is 0 Å². The van der Waals surface area contributed by atoms with Gasteiger partial charge in [0, 0.05) is 44.7 Å². The van der Waals surface area contributed by atoms with E-state index in [0.29, 0.717) is 0 Å². The summed E-state index contributed by atoms with van der Waals surface area (Å²) < 4.78 is 1.04. The van der Waals surface area contributed by atoms with Crippen molar-refractivity contribution in [2.75, 3.05) is 5.32 Å². The smallest absolute Gasteiger partial charge is 0.0806 e. The highest BCUT2D eigenvalue weighted by atomic mass is 79.9. The fourth-order valence-electron chi connectivity index (χ4n) is 3.27. The highest BCUT2D eigenvalue weighted by Crippen LogP contribution is 2.35. The van der Waals surface area contributed by atoms with Crippen LogP contribution in [0.25, 0.3) is 10.9 Å². The number of H-pyrrole nitrogens is 1. The first-order valence-electron chi connectivity index (χ1n) is 8.22. The van der Waals surface area contributed by atoms with E-state index in [1.807, 2.05) is 30.5 Å². The SMILES string of the molecule is Cc1[nH]c2ccccc2c1[C@@H](Nc1ccccc1Br)c1cccnc1. The van der Waals surface area contributed by atoms with Crippen molar-refractivity contribution in [1.29, 1.82) is 0 Å². The van der Waals surface area contributed by atoms with Crippen LogP contribution in [0.5, 0.6) is 0 Å². The molecule has 0 fully saturated rings. The molecule has 0 amide bonds. The second kappa shape index (κ2) is 6.73. The number of aromatic nitrogens is 2. The van der Waals surface area contributed by atoms with Gasteiger partial charge in [0.05, 0.1) is 6.04 Å². The Morgan fingerprint density at radius 1 is 1.00 bits per heavy atom. The molecule has 25 heavy (non-hydrogen) atoms. The summed E-state index contributed by atoms with van der Waals surface area (Å²) in [4.78, 5) is 7.83. The number of rotatable bonds is 4. The molecule has 2 aromatic carbocycles. The monoisotopic (exact) mass is 391 g/mol. The fourth-order valence-corrected chi connectivity index (χ4v) is 3.67. The lowest BCUT2D eigenvalue weighted by molar-refractivity contribution is 0.921. The van der Waals surface area contributed by atoms with Crippen molar-refractivity contribution in [3.8, 4) is 0 Å². The summed E-state index contributed by atoms with van der Waals surface area (Å²) in [6, 6.07) is 20.7. The van der Waals surface area contributed by atoms with Crippen LogP contribution in [-0.2, 0) is 0 Å². The zero-order valence-electron chi connectivity index (χ0n) is 13.8. The minimum absolute atomic E-state index is 0.00329. The maximum Gasteiger partial charge on any atom is 0.0806 e. The summed E-state index contributed by atoms with van der Waals surface area (Å²) in [7, 11) is 0. The summed E-state index contributed by atoms with van der Waals surface area (Å²) in [5, 5.41) is 4.92. The number of nitrogens with zero attached hydrogens (tertiary/aromatic N) is 1. The molecular formula is C21H18BrN3. The standard InChI is InChI=1S/C21H18BrN3/c1-14-20(16-8-2-4-10-18(16)24-14)21(15-7-6-12-23-13-15)25-19-11-5-3-9-17(19)22/h2-13,21,24-25H,1H3/t21-/m0/s1. The number of aromatic amines is 1. The summed E-state index contributed by atoms with van der Waals surface area (Å²) in [6.45, 7) is 2.13. The average molecular weight is 392 g/mol. The Hall–Kier alpha value is -2.59. The van der Waals surface area contributed by atoms with E-state index in [2.05, 4.69) is 74.5 Å². The minimum Gasteiger partial charge on any atom is -0.373 e. The van der Waals surface area contributed by atoms with E-state index < -0.39 is 0 Å². The molecule has 0 saturated heterocycles. The third-order valence-electron chi connectivity index (χ3n) is 4.42. The number of anilines is 1. The summed E-state index contributed by atoms with van der Waals surface area (Å²) in [6.07, 6.45) is 3.73. The van der Waals surface area contributed by atoms with Gasteiger partial charge in [-0.1, -0.05) is 36.4 Å². The number of fused-ring (bicyclic) bond motifs is 1. The molecule has 0 aliphatic carbocycles.